The van der Waals surface area contributed by atoms with Crippen molar-refractivity contribution in [2.24, 2.45) is 0 Å². The molecule has 3 heterocycles. The Balaban J connectivity index is 1.73. The monoisotopic (exact) mass is 421 g/mol. The van der Waals surface area contributed by atoms with Crippen LogP contribution in [-0.2, 0) is 24.1 Å². The Kier molecular flexibility index (Phi) is 5.22. The number of ether oxygens (including phenoxy) is 2. The molecular weight excluding hydrogens is 398 g/mol. The smallest absolute Gasteiger partial charge is 0.409 e. The molecule has 3 aliphatic rings. The van der Waals surface area contributed by atoms with E-state index in [0.717, 1.165) is 0 Å². The van der Waals surface area contributed by atoms with E-state index in [4.69, 9.17) is 9.47 Å². The predicted octanol–water partition coefficient (Wildman–Crippen LogP) is 0.385. The summed E-state index contributed by atoms with van der Waals surface area (Å²) >= 11 is 0. The Labute approximate surface area is 169 Å². The van der Waals surface area contributed by atoms with Crippen molar-refractivity contribution in [2.75, 3.05) is 59.6 Å². The largest absolute Gasteiger partial charge is 0.453 e. The van der Waals surface area contributed by atoms with Crippen molar-refractivity contribution in [3.63, 3.8) is 0 Å². The Bertz CT molecular complexity index is 960. The molecule has 0 N–H and O–H groups in total. The minimum Gasteiger partial charge on any atom is -0.453 e. The van der Waals surface area contributed by atoms with E-state index in [-0.39, 0.29) is 9.80 Å². The highest BCUT2D eigenvalue weighted by Gasteiger charge is 2.44. The first-order chi connectivity index (χ1) is 13.9. The van der Waals surface area contributed by atoms with Gasteiger partial charge in [0.2, 0.25) is 9.84 Å². The fourth-order valence-electron chi connectivity index (χ4n) is 3.94. The maximum atomic E-state index is 13.3. The van der Waals surface area contributed by atoms with Crippen LogP contribution < -0.4 is 0 Å². The second-order valence-electron chi connectivity index (χ2n) is 7.03. The van der Waals surface area contributed by atoms with E-state index in [2.05, 4.69) is 0 Å². The number of carbonyl (C=O) groups is 2. The topological polar surface area (TPSA) is 96.5 Å². The van der Waals surface area contributed by atoms with Gasteiger partial charge in [-0.3, -0.25) is 4.79 Å². The average Bonchev–Trinajstić information content (AvgIpc) is 3.00. The van der Waals surface area contributed by atoms with Gasteiger partial charge in [-0.15, -0.1) is 0 Å². The van der Waals surface area contributed by atoms with Crippen molar-refractivity contribution in [1.29, 1.82) is 0 Å². The van der Waals surface area contributed by atoms with Gasteiger partial charge < -0.3 is 24.2 Å². The van der Waals surface area contributed by atoms with Crippen LogP contribution >= 0.6 is 0 Å². The fraction of sp³-hybridized carbons (Fsp3) is 0.474. The van der Waals surface area contributed by atoms with Gasteiger partial charge in [0.05, 0.1) is 30.9 Å². The Hall–Kier alpha value is -2.59. The summed E-state index contributed by atoms with van der Waals surface area (Å²) in [6.07, 6.45) is -0.414. The number of piperazine rings is 1. The second kappa shape index (κ2) is 7.68. The van der Waals surface area contributed by atoms with Gasteiger partial charge in [0.15, 0.2) is 4.91 Å². The molecule has 0 aliphatic carbocycles. The summed E-state index contributed by atoms with van der Waals surface area (Å²) in [5.41, 5.74) is 0.970. The zero-order valence-corrected chi connectivity index (χ0v) is 17.0. The maximum absolute atomic E-state index is 13.3. The predicted molar refractivity (Wildman–Crippen MR) is 103 cm³/mol. The van der Waals surface area contributed by atoms with Gasteiger partial charge in [-0.2, -0.15) is 0 Å². The van der Waals surface area contributed by atoms with Crippen molar-refractivity contribution in [3.05, 3.63) is 34.7 Å². The van der Waals surface area contributed by atoms with Crippen LogP contribution in [0.25, 0.3) is 5.70 Å². The normalized spacial score (nSPS) is 21.2. The standard InChI is InChI=1S/C19H23N3O6S/c1-27-19(24)22-8-6-20(7-9-22)16-14-4-2-3-5-15(14)29(25,26)17(16)18(23)21-10-12-28-13-11-21/h2-5H,6-13H2,1H3. The zero-order valence-electron chi connectivity index (χ0n) is 16.2. The summed E-state index contributed by atoms with van der Waals surface area (Å²) in [6, 6.07) is 6.69. The summed E-state index contributed by atoms with van der Waals surface area (Å²) in [7, 11) is -2.60. The number of nitrogens with zero attached hydrogens (tertiary/aromatic N) is 3. The minimum absolute atomic E-state index is 0.155. The van der Waals surface area contributed by atoms with Crippen LogP contribution in [-0.4, -0.2) is 94.7 Å². The lowest BCUT2D eigenvalue weighted by molar-refractivity contribution is -0.130. The van der Waals surface area contributed by atoms with E-state index in [1.54, 1.807) is 23.1 Å². The van der Waals surface area contributed by atoms with E-state index in [1.165, 1.54) is 18.1 Å². The Morgan fingerprint density at radius 1 is 0.966 bits per heavy atom. The molecule has 2 fully saturated rings. The van der Waals surface area contributed by atoms with Crippen LogP contribution in [0, 0.1) is 0 Å². The van der Waals surface area contributed by atoms with E-state index < -0.39 is 21.8 Å². The molecule has 0 unspecified atom stereocenters. The first kappa shape index (κ1) is 19.7. The minimum atomic E-state index is -3.93. The Morgan fingerprint density at radius 3 is 2.28 bits per heavy atom. The number of morpholine rings is 1. The summed E-state index contributed by atoms with van der Waals surface area (Å²) in [5, 5.41) is 0. The second-order valence-corrected chi connectivity index (χ2v) is 8.88. The summed E-state index contributed by atoms with van der Waals surface area (Å²) in [6.45, 7) is 3.09. The zero-order chi connectivity index (χ0) is 20.6. The molecule has 156 valence electrons. The van der Waals surface area contributed by atoms with Gasteiger partial charge in [0.1, 0.15) is 0 Å². The van der Waals surface area contributed by atoms with Crippen LogP contribution in [0.15, 0.2) is 34.1 Å². The lowest BCUT2D eigenvalue weighted by Crippen LogP contribution is -2.48. The lowest BCUT2D eigenvalue weighted by atomic mass is 10.1. The first-order valence-electron chi connectivity index (χ1n) is 9.49. The molecule has 0 aromatic heterocycles. The van der Waals surface area contributed by atoms with Crippen LogP contribution in [0.4, 0.5) is 4.79 Å². The van der Waals surface area contributed by atoms with Crippen LogP contribution in [0.5, 0.6) is 0 Å². The average molecular weight is 421 g/mol. The third-order valence-electron chi connectivity index (χ3n) is 5.44. The molecule has 2 amide bonds. The number of sulfone groups is 1. The number of hydrogen-bond acceptors (Lipinski definition) is 7. The third-order valence-corrected chi connectivity index (χ3v) is 7.28. The molecular formula is C19H23N3O6S. The van der Waals surface area contributed by atoms with E-state index in [9.17, 15) is 18.0 Å². The van der Waals surface area contributed by atoms with E-state index >= 15 is 0 Å². The van der Waals surface area contributed by atoms with Gasteiger partial charge >= 0.3 is 6.09 Å². The number of carbonyl (C=O) groups excluding carboxylic acids is 2. The van der Waals surface area contributed by atoms with Gasteiger partial charge in [0, 0.05) is 44.8 Å². The molecule has 29 heavy (non-hydrogen) atoms. The van der Waals surface area contributed by atoms with Crippen molar-refractivity contribution >= 4 is 27.5 Å². The van der Waals surface area contributed by atoms with Gasteiger partial charge in [-0.25, -0.2) is 13.2 Å². The number of methoxy groups -OCH3 is 1. The van der Waals surface area contributed by atoms with Crippen LogP contribution in [0.2, 0.25) is 0 Å². The molecule has 0 radical (unpaired) electrons. The van der Waals surface area contributed by atoms with Crippen LogP contribution in [0.3, 0.4) is 0 Å². The highest BCUT2D eigenvalue weighted by molar-refractivity contribution is 7.97. The molecule has 10 heteroatoms. The van der Waals surface area contributed by atoms with Crippen molar-refractivity contribution in [1.82, 2.24) is 14.7 Å². The number of hydrogen-bond donors (Lipinski definition) is 0. The number of fused-ring (bicyclic) bond motifs is 1. The molecule has 0 bridgehead atoms. The number of rotatable bonds is 2. The van der Waals surface area contributed by atoms with Gasteiger partial charge in [-0.05, 0) is 6.07 Å². The van der Waals surface area contributed by atoms with Gasteiger partial charge in [-0.1, -0.05) is 18.2 Å². The molecule has 1 aromatic rings. The van der Waals surface area contributed by atoms with Gasteiger partial charge in [0.25, 0.3) is 5.91 Å². The molecule has 0 atom stereocenters. The molecule has 9 nitrogen and oxygen atoms in total. The highest BCUT2D eigenvalue weighted by atomic mass is 32.2. The quantitative estimate of drug-likeness (QED) is 0.681. The molecule has 3 aliphatic heterocycles. The fourth-order valence-corrected chi connectivity index (χ4v) is 5.72. The Morgan fingerprint density at radius 2 is 1.62 bits per heavy atom. The van der Waals surface area contributed by atoms with Crippen molar-refractivity contribution < 1.29 is 27.5 Å². The number of amides is 2. The SMILES string of the molecule is COC(=O)N1CCN(C2=C(C(=O)N3CCOCC3)S(=O)(=O)c3ccccc32)CC1. The molecule has 2 saturated heterocycles. The highest BCUT2D eigenvalue weighted by Crippen LogP contribution is 2.42. The van der Waals surface area contributed by atoms with E-state index in [0.29, 0.717) is 63.7 Å². The molecule has 0 spiro atoms. The summed E-state index contributed by atoms with van der Waals surface area (Å²) in [5.74, 6) is -0.491. The first-order valence-corrected chi connectivity index (χ1v) is 11.0. The summed E-state index contributed by atoms with van der Waals surface area (Å²) in [4.78, 5) is 30.0. The summed E-state index contributed by atoms with van der Waals surface area (Å²) < 4.78 is 36.6. The van der Waals surface area contributed by atoms with Crippen LogP contribution in [0.1, 0.15) is 5.56 Å². The van der Waals surface area contributed by atoms with Crippen molar-refractivity contribution in [3.8, 4) is 0 Å². The molecule has 1 aromatic carbocycles. The maximum Gasteiger partial charge on any atom is 0.409 e. The third kappa shape index (κ3) is 3.36. The molecule has 4 rings (SSSR count). The number of benzene rings is 1. The van der Waals surface area contributed by atoms with Crippen molar-refractivity contribution in [2.45, 2.75) is 4.90 Å². The lowest BCUT2D eigenvalue weighted by Gasteiger charge is -2.36. The molecule has 0 saturated carbocycles. The van der Waals surface area contributed by atoms with E-state index in [1.807, 2.05) is 4.90 Å².